The van der Waals surface area contributed by atoms with Gasteiger partial charge in [0.15, 0.2) is 0 Å². The summed E-state index contributed by atoms with van der Waals surface area (Å²) in [6, 6.07) is 0. The normalized spacial score (nSPS) is 33.5. The number of hydrogen-bond acceptors (Lipinski definition) is 3. The zero-order valence-electron chi connectivity index (χ0n) is 16.3. The molecule has 0 aromatic carbocycles. The predicted octanol–water partition coefficient (Wildman–Crippen LogP) is 4.73. The fraction of sp³-hybridized carbons (Fsp3) is 0.810. The summed E-state index contributed by atoms with van der Waals surface area (Å²) in [7, 11) is 0. The molecule has 1 heterocycles. The van der Waals surface area contributed by atoms with Crippen LogP contribution in [0, 0.1) is 17.3 Å². The Kier molecular flexibility index (Phi) is 5.00. The average molecular weight is 347 g/mol. The first-order valence-corrected chi connectivity index (χ1v) is 9.93. The van der Waals surface area contributed by atoms with Gasteiger partial charge in [-0.2, -0.15) is 0 Å². The van der Waals surface area contributed by atoms with Crippen LogP contribution in [0.4, 0.5) is 4.79 Å². The average Bonchev–Trinajstić information content (AvgIpc) is 2.86. The van der Waals surface area contributed by atoms with E-state index in [1.54, 1.807) is 0 Å². The maximum Gasteiger partial charge on any atom is 0.410 e. The maximum atomic E-state index is 13.1. The highest BCUT2D eigenvalue weighted by atomic mass is 16.6. The van der Waals surface area contributed by atoms with Gasteiger partial charge in [-0.05, 0) is 71.1 Å². The Morgan fingerprint density at radius 1 is 1.28 bits per heavy atom. The molecule has 25 heavy (non-hydrogen) atoms. The van der Waals surface area contributed by atoms with Crippen LogP contribution < -0.4 is 0 Å². The van der Waals surface area contributed by atoms with Crippen molar-refractivity contribution < 1.29 is 14.3 Å². The number of allylic oxidation sites excluding steroid dienone is 2. The minimum atomic E-state index is -0.464. The lowest BCUT2D eigenvalue weighted by Gasteiger charge is -2.43. The molecule has 0 N–H and O–H groups in total. The van der Waals surface area contributed by atoms with Crippen LogP contribution >= 0.6 is 0 Å². The minimum absolute atomic E-state index is 0.212. The monoisotopic (exact) mass is 347 g/mol. The minimum Gasteiger partial charge on any atom is -0.444 e. The van der Waals surface area contributed by atoms with E-state index in [9.17, 15) is 9.59 Å². The number of carbonyl (C=O) groups is 2. The molecule has 1 saturated heterocycles. The summed E-state index contributed by atoms with van der Waals surface area (Å²) in [5.74, 6) is 1.47. The van der Waals surface area contributed by atoms with Crippen molar-refractivity contribution in [2.24, 2.45) is 17.3 Å². The number of rotatable bonds is 0. The molecule has 0 aromatic heterocycles. The molecule has 0 bridgehead atoms. The maximum absolute atomic E-state index is 13.1. The van der Waals surface area contributed by atoms with E-state index in [-0.39, 0.29) is 11.5 Å². The van der Waals surface area contributed by atoms with E-state index in [0.717, 1.165) is 45.1 Å². The second-order valence-electron chi connectivity index (χ2n) is 9.28. The van der Waals surface area contributed by atoms with Gasteiger partial charge in [0.1, 0.15) is 11.4 Å². The van der Waals surface area contributed by atoms with Crippen molar-refractivity contribution in [1.82, 2.24) is 4.90 Å². The van der Waals surface area contributed by atoms with Gasteiger partial charge in [0.2, 0.25) is 0 Å². The standard InChI is InChI=1S/C21H33NO3/c1-15-13-17-9-8-16-7-5-11-22(19(24)25-20(2,3)4)12-6-10-21(16,17)18(23)14-15/h8,15,17H,5-7,9-14H2,1-4H3/t15-,17-,21-/m1/s1. The molecule has 1 amide bonds. The van der Waals surface area contributed by atoms with Crippen molar-refractivity contribution in [3.05, 3.63) is 11.6 Å². The molecule has 4 heteroatoms. The molecule has 140 valence electrons. The first-order chi connectivity index (χ1) is 11.7. The number of ether oxygens (including phenoxy) is 1. The summed E-state index contributed by atoms with van der Waals surface area (Å²) in [4.78, 5) is 27.4. The third kappa shape index (κ3) is 3.63. The summed E-state index contributed by atoms with van der Waals surface area (Å²) in [5.41, 5.74) is 0.699. The van der Waals surface area contributed by atoms with Crippen LogP contribution in [0.2, 0.25) is 0 Å². The fourth-order valence-corrected chi connectivity index (χ4v) is 5.16. The van der Waals surface area contributed by atoms with Crippen molar-refractivity contribution in [3.63, 3.8) is 0 Å². The van der Waals surface area contributed by atoms with Gasteiger partial charge < -0.3 is 9.64 Å². The molecule has 1 saturated carbocycles. The molecular formula is C21H33NO3. The highest BCUT2D eigenvalue weighted by molar-refractivity contribution is 5.90. The summed E-state index contributed by atoms with van der Waals surface area (Å²) >= 11 is 0. The molecular weight excluding hydrogens is 314 g/mol. The third-order valence-corrected chi connectivity index (χ3v) is 6.16. The van der Waals surface area contributed by atoms with Gasteiger partial charge in [-0.3, -0.25) is 4.79 Å². The number of nitrogens with zero attached hydrogens (tertiary/aromatic N) is 1. The van der Waals surface area contributed by atoms with Crippen molar-refractivity contribution in [2.45, 2.75) is 78.2 Å². The van der Waals surface area contributed by atoms with Crippen LogP contribution in [-0.2, 0) is 9.53 Å². The Morgan fingerprint density at radius 3 is 2.72 bits per heavy atom. The summed E-state index contributed by atoms with van der Waals surface area (Å²) in [6.45, 7) is 9.34. The van der Waals surface area contributed by atoms with E-state index in [1.165, 1.54) is 12.0 Å². The fourth-order valence-electron chi connectivity index (χ4n) is 5.16. The number of Topliss-reactive ketones (excluding diaryl/α,β-unsaturated/α-hetero) is 1. The second-order valence-corrected chi connectivity index (χ2v) is 9.28. The number of hydrogen-bond donors (Lipinski definition) is 0. The molecule has 4 nitrogen and oxygen atoms in total. The SMILES string of the molecule is C[C@H]1CC(=O)[C@]23CCCN(C(=O)OC(C)(C)C)CCCC2=CC[C@@H]3C1. The third-order valence-electron chi connectivity index (χ3n) is 6.16. The largest absolute Gasteiger partial charge is 0.444 e. The Bertz CT molecular complexity index is 574. The zero-order chi connectivity index (χ0) is 18.2. The van der Waals surface area contributed by atoms with E-state index in [4.69, 9.17) is 4.74 Å². The molecule has 3 atom stereocenters. The summed E-state index contributed by atoms with van der Waals surface area (Å²) < 4.78 is 5.55. The highest BCUT2D eigenvalue weighted by Gasteiger charge is 2.52. The zero-order valence-corrected chi connectivity index (χ0v) is 16.3. The Hall–Kier alpha value is -1.32. The van der Waals surface area contributed by atoms with Gasteiger partial charge in [-0.15, -0.1) is 0 Å². The quantitative estimate of drug-likeness (QED) is 0.595. The van der Waals surface area contributed by atoms with Crippen molar-refractivity contribution in [3.8, 4) is 0 Å². The van der Waals surface area contributed by atoms with Gasteiger partial charge >= 0.3 is 6.09 Å². The molecule has 0 aromatic rings. The Balaban J connectivity index is 1.74. The van der Waals surface area contributed by atoms with Crippen molar-refractivity contribution >= 4 is 11.9 Å². The summed E-state index contributed by atoms with van der Waals surface area (Å²) in [5, 5.41) is 0. The van der Waals surface area contributed by atoms with Crippen molar-refractivity contribution in [1.29, 1.82) is 0 Å². The predicted molar refractivity (Wildman–Crippen MR) is 98.3 cm³/mol. The van der Waals surface area contributed by atoms with Crippen LogP contribution in [0.3, 0.4) is 0 Å². The number of amides is 1. The molecule has 2 aliphatic carbocycles. The lowest BCUT2D eigenvalue weighted by molar-refractivity contribution is -0.134. The van der Waals surface area contributed by atoms with E-state index < -0.39 is 5.60 Å². The Morgan fingerprint density at radius 2 is 2.00 bits per heavy atom. The molecule has 3 rings (SSSR count). The van der Waals surface area contributed by atoms with E-state index >= 15 is 0 Å². The summed E-state index contributed by atoms with van der Waals surface area (Å²) in [6.07, 6.45) is 8.74. The molecule has 1 spiro atoms. The van der Waals surface area contributed by atoms with Gasteiger partial charge in [0.05, 0.1) is 5.41 Å². The molecule has 3 aliphatic rings. The first-order valence-electron chi connectivity index (χ1n) is 9.93. The van der Waals surface area contributed by atoms with Crippen LogP contribution in [0.5, 0.6) is 0 Å². The molecule has 2 fully saturated rings. The lowest BCUT2D eigenvalue weighted by Crippen LogP contribution is -2.43. The first kappa shape index (κ1) is 18.5. The Labute approximate surface area is 152 Å². The topological polar surface area (TPSA) is 46.6 Å². The van der Waals surface area contributed by atoms with Crippen LogP contribution in [-0.4, -0.2) is 35.5 Å². The number of carbonyl (C=O) groups excluding carboxylic acids is 2. The van der Waals surface area contributed by atoms with Crippen molar-refractivity contribution in [2.75, 3.05) is 13.1 Å². The van der Waals surface area contributed by atoms with Crippen LogP contribution in [0.25, 0.3) is 0 Å². The van der Waals surface area contributed by atoms with E-state index in [2.05, 4.69) is 13.0 Å². The van der Waals surface area contributed by atoms with Gasteiger partial charge in [-0.1, -0.05) is 18.6 Å². The molecule has 0 radical (unpaired) electrons. The smallest absolute Gasteiger partial charge is 0.410 e. The second kappa shape index (κ2) is 6.77. The molecule has 1 aliphatic heterocycles. The van der Waals surface area contributed by atoms with Crippen LogP contribution in [0.1, 0.15) is 72.6 Å². The van der Waals surface area contributed by atoms with E-state index in [1.807, 2.05) is 25.7 Å². The highest BCUT2D eigenvalue weighted by Crippen LogP contribution is 2.56. The number of ketones is 1. The van der Waals surface area contributed by atoms with Gasteiger partial charge in [0.25, 0.3) is 0 Å². The van der Waals surface area contributed by atoms with Crippen LogP contribution in [0.15, 0.2) is 11.6 Å². The van der Waals surface area contributed by atoms with Gasteiger partial charge in [-0.25, -0.2) is 4.79 Å². The van der Waals surface area contributed by atoms with Gasteiger partial charge in [0, 0.05) is 19.5 Å². The van der Waals surface area contributed by atoms with E-state index in [0.29, 0.717) is 24.2 Å². The lowest BCUT2D eigenvalue weighted by atomic mass is 9.59. The molecule has 0 unspecified atom stereocenters.